The fourth-order valence-electron chi connectivity index (χ4n) is 2.54. The number of halogens is 2. The molecular weight excluding hydrogens is 437 g/mol. The van der Waals surface area contributed by atoms with Gasteiger partial charge in [0.25, 0.3) is 11.8 Å². The Morgan fingerprint density at radius 2 is 1.74 bits per heavy atom. The van der Waals surface area contributed by atoms with Crippen LogP contribution in [-0.4, -0.2) is 24.6 Å². The second-order valence-electron chi connectivity index (χ2n) is 6.45. The normalized spacial score (nSPS) is 10.6. The number of amides is 2. The van der Waals surface area contributed by atoms with Gasteiger partial charge in [-0.1, -0.05) is 65.7 Å². The molecule has 0 spiro atoms. The molecule has 0 aliphatic carbocycles. The molecule has 0 atom stereocenters. The highest BCUT2D eigenvalue weighted by Gasteiger charge is 2.09. The molecule has 0 aliphatic rings. The summed E-state index contributed by atoms with van der Waals surface area (Å²) in [5.74, 6) is -0.227. The molecule has 158 valence electrons. The first-order chi connectivity index (χ1) is 15.0. The molecule has 31 heavy (non-hydrogen) atoms. The third-order valence-corrected chi connectivity index (χ3v) is 4.84. The first kappa shape index (κ1) is 22.3. The summed E-state index contributed by atoms with van der Waals surface area (Å²) in [7, 11) is 0. The molecule has 0 aliphatic heterocycles. The lowest BCUT2D eigenvalue weighted by Crippen LogP contribution is -2.34. The van der Waals surface area contributed by atoms with E-state index in [2.05, 4.69) is 15.8 Å². The maximum Gasteiger partial charge on any atom is 0.259 e. The zero-order chi connectivity index (χ0) is 22.1. The van der Waals surface area contributed by atoms with E-state index < -0.39 is 11.8 Å². The summed E-state index contributed by atoms with van der Waals surface area (Å²) in [4.78, 5) is 24.0. The number of hydrogen-bond acceptors (Lipinski definition) is 4. The summed E-state index contributed by atoms with van der Waals surface area (Å²) < 4.78 is 5.77. The summed E-state index contributed by atoms with van der Waals surface area (Å²) >= 11 is 11.7. The summed E-state index contributed by atoms with van der Waals surface area (Å²) in [5, 5.41) is 7.01. The third-order valence-electron chi connectivity index (χ3n) is 4.10. The average Bonchev–Trinajstić information content (AvgIpc) is 2.79. The molecule has 2 N–H and O–H groups in total. The Balaban J connectivity index is 1.45. The first-order valence-electron chi connectivity index (χ1n) is 9.33. The number of nitrogens with one attached hydrogen (secondary N) is 2. The number of rotatable bonds is 8. The Hall–Kier alpha value is -3.35. The topological polar surface area (TPSA) is 79.8 Å². The zero-order valence-electron chi connectivity index (χ0n) is 16.3. The van der Waals surface area contributed by atoms with Crippen molar-refractivity contribution in [1.82, 2.24) is 10.7 Å². The third kappa shape index (κ3) is 7.13. The van der Waals surface area contributed by atoms with Gasteiger partial charge in [-0.2, -0.15) is 5.10 Å². The summed E-state index contributed by atoms with van der Waals surface area (Å²) in [6.07, 6.45) is 1.49. The van der Waals surface area contributed by atoms with Crippen molar-refractivity contribution >= 4 is 41.2 Å². The standard InChI is InChI=1S/C23H19Cl2N3O3/c24-20-10-9-18(12-21(20)25)23(30)26-14-22(29)28-27-13-17-7-4-8-19(11-17)31-15-16-5-2-1-3-6-16/h1-13H,14-15H2,(H,26,30)(H,28,29)/b27-13-. The molecule has 0 unspecified atom stereocenters. The number of carbonyl (C=O) groups is 2. The van der Waals surface area contributed by atoms with Gasteiger partial charge in [-0.3, -0.25) is 9.59 Å². The van der Waals surface area contributed by atoms with E-state index in [4.69, 9.17) is 27.9 Å². The Labute approximate surface area is 189 Å². The van der Waals surface area contributed by atoms with Crippen LogP contribution >= 0.6 is 23.2 Å². The van der Waals surface area contributed by atoms with Crippen LogP contribution in [0.25, 0.3) is 0 Å². The van der Waals surface area contributed by atoms with Crippen LogP contribution in [0.15, 0.2) is 77.9 Å². The van der Waals surface area contributed by atoms with Crippen molar-refractivity contribution in [3.63, 3.8) is 0 Å². The van der Waals surface area contributed by atoms with Gasteiger partial charge in [0.15, 0.2) is 0 Å². The molecule has 3 aromatic carbocycles. The molecule has 0 saturated carbocycles. The van der Waals surface area contributed by atoms with Crippen LogP contribution in [0, 0.1) is 0 Å². The number of carbonyl (C=O) groups excluding carboxylic acids is 2. The highest BCUT2D eigenvalue weighted by atomic mass is 35.5. The van der Waals surface area contributed by atoms with Crippen molar-refractivity contribution in [2.24, 2.45) is 5.10 Å². The van der Waals surface area contributed by atoms with Crippen molar-refractivity contribution in [1.29, 1.82) is 0 Å². The van der Waals surface area contributed by atoms with Crippen LogP contribution in [0.5, 0.6) is 5.75 Å². The fraction of sp³-hybridized carbons (Fsp3) is 0.0870. The molecule has 8 heteroatoms. The zero-order valence-corrected chi connectivity index (χ0v) is 17.9. The predicted octanol–water partition coefficient (Wildman–Crippen LogP) is 4.45. The molecule has 6 nitrogen and oxygen atoms in total. The number of ether oxygens (including phenoxy) is 1. The lowest BCUT2D eigenvalue weighted by Gasteiger charge is -2.07. The van der Waals surface area contributed by atoms with Gasteiger partial charge in [-0.25, -0.2) is 5.43 Å². The smallest absolute Gasteiger partial charge is 0.259 e. The Bertz CT molecular complexity index is 1090. The van der Waals surface area contributed by atoms with Crippen LogP contribution in [0.1, 0.15) is 21.5 Å². The molecule has 0 saturated heterocycles. The van der Waals surface area contributed by atoms with Gasteiger partial charge in [0.2, 0.25) is 0 Å². The van der Waals surface area contributed by atoms with Crippen LogP contribution in [0.4, 0.5) is 0 Å². The first-order valence-corrected chi connectivity index (χ1v) is 10.1. The average molecular weight is 456 g/mol. The number of hydrogen-bond donors (Lipinski definition) is 2. The van der Waals surface area contributed by atoms with E-state index in [1.807, 2.05) is 54.6 Å². The minimum absolute atomic E-state index is 0.239. The molecule has 0 aromatic heterocycles. The quantitative estimate of drug-likeness (QED) is 0.388. The van der Waals surface area contributed by atoms with Crippen LogP contribution in [-0.2, 0) is 11.4 Å². The molecule has 3 aromatic rings. The Morgan fingerprint density at radius 1 is 0.935 bits per heavy atom. The van der Waals surface area contributed by atoms with Gasteiger partial charge in [-0.15, -0.1) is 0 Å². The van der Waals surface area contributed by atoms with E-state index >= 15 is 0 Å². The molecule has 2 amide bonds. The Kier molecular flexibility index (Phi) is 8.04. The second kappa shape index (κ2) is 11.2. The van der Waals surface area contributed by atoms with E-state index in [-0.39, 0.29) is 11.6 Å². The lowest BCUT2D eigenvalue weighted by atomic mass is 10.2. The minimum Gasteiger partial charge on any atom is -0.489 e. The van der Waals surface area contributed by atoms with E-state index in [1.165, 1.54) is 24.4 Å². The van der Waals surface area contributed by atoms with E-state index in [0.29, 0.717) is 22.9 Å². The van der Waals surface area contributed by atoms with Crippen molar-refractivity contribution < 1.29 is 14.3 Å². The summed E-state index contributed by atoms with van der Waals surface area (Å²) in [6, 6.07) is 21.6. The van der Waals surface area contributed by atoms with Crippen LogP contribution in [0.3, 0.4) is 0 Å². The molecule has 0 bridgehead atoms. The van der Waals surface area contributed by atoms with Gasteiger partial charge in [0.1, 0.15) is 12.4 Å². The molecule has 0 fully saturated rings. The van der Waals surface area contributed by atoms with Crippen molar-refractivity contribution in [3.05, 3.63) is 99.5 Å². The monoisotopic (exact) mass is 455 g/mol. The summed E-state index contributed by atoms with van der Waals surface area (Å²) in [5.41, 5.74) is 4.49. The van der Waals surface area contributed by atoms with Gasteiger partial charge in [0.05, 0.1) is 22.8 Å². The van der Waals surface area contributed by atoms with E-state index in [1.54, 1.807) is 0 Å². The largest absolute Gasteiger partial charge is 0.489 e. The predicted molar refractivity (Wildman–Crippen MR) is 122 cm³/mol. The number of nitrogens with zero attached hydrogens (tertiary/aromatic N) is 1. The Morgan fingerprint density at radius 3 is 2.52 bits per heavy atom. The number of benzene rings is 3. The van der Waals surface area contributed by atoms with Gasteiger partial charge < -0.3 is 10.1 Å². The van der Waals surface area contributed by atoms with Crippen molar-refractivity contribution in [3.8, 4) is 5.75 Å². The lowest BCUT2D eigenvalue weighted by molar-refractivity contribution is -0.120. The van der Waals surface area contributed by atoms with Crippen LogP contribution in [0.2, 0.25) is 10.0 Å². The molecule has 0 heterocycles. The fourth-order valence-corrected chi connectivity index (χ4v) is 2.84. The second-order valence-corrected chi connectivity index (χ2v) is 7.27. The summed E-state index contributed by atoms with van der Waals surface area (Å²) in [6.45, 7) is 0.216. The van der Waals surface area contributed by atoms with Crippen molar-refractivity contribution in [2.75, 3.05) is 6.54 Å². The maximum absolute atomic E-state index is 12.1. The van der Waals surface area contributed by atoms with E-state index in [0.717, 1.165) is 11.1 Å². The minimum atomic E-state index is -0.471. The molecular formula is C23H19Cl2N3O3. The van der Waals surface area contributed by atoms with Gasteiger partial charge in [-0.05, 0) is 41.5 Å². The van der Waals surface area contributed by atoms with Crippen LogP contribution < -0.4 is 15.5 Å². The van der Waals surface area contributed by atoms with Gasteiger partial charge in [0, 0.05) is 5.56 Å². The number of hydrazone groups is 1. The van der Waals surface area contributed by atoms with Gasteiger partial charge >= 0.3 is 0 Å². The SMILES string of the molecule is O=C(CNC(=O)c1ccc(Cl)c(Cl)c1)N/N=C\c1cccc(OCc2ccccc2)c1. The highest BCUT2D eigenvalue weighted by Crippen LogP contribution is 2.22. The maximum atomic E-state index is 12.1. The molecule has 3 rings (SSSR count). The van der Waals surface area contributed by atoms with Crippen molar-refractivity contribution in [2.45, 2.75) is 6.61 Å². The molecule has 0 radical (unpaired) electrons. The van der Waals surface area contributed by atoms with E-state index in [9.17, 15) is 9.59 Å². The highest BCUT2D eigenvalue weighted by molar-refractivity contribution is 6.42.